The Bertz CT molecular complexity index is 727. The van der Waals surface area contributed by atoms with Crippen LogP contribution in [0.5, 0.6) is 5.75 Å². The second-order valence-electron chi connectivity index (χ2n) is 8.85. The van der Waals surface area contributed by atoms with Crippen LogP contribution in [0, 0.1) is 0 Å². The Morgan fingerprint density at radius 2 is 2.07 bits per heavy atom. The number of fused-ring (bicyclic) bond motifs is 1. The molecule has 160 valence electrons. The minimum absolute atomic E-state index is 0.179. The quantitative estimate of drug-likeness (QED) is 0.579. The molecular weight excluding hydrogens is 384 g/mol. The third-order valence-electron chi connectivity index (χ3n) is 6.26. The molecule has 1 aromatic carbocycles. The summed E-state index contributed by atoms with van der Waals surface area (Å²) in [5.74, 6) is 4.23. The zero-order chi connectivity index (χ0) is 20.3. The van der Waals surface area contributed by atoms with Gasteiger partial charge in [0.2, 0.25) is 0 Å². The van der Waals surface area contributed by atoms with Crippen LogP contribution in [0.1, 0.15) is 38.3 Å². The number of benzene rings is 1. The fourth-order valence-corrected chi connectivity index (χ4v) is 6.15. The van der Waals surface area contributed by atoms with Crippen molar-refractivity contribution in [2.75, 3.05) is 51.4 Å². The molecule has 0 aliphatic carbocycles. The lowest BCUT2D eigenvalue weighted by Gasteiger charge is -2.43. The van der Waals surface area contributed by atoms with Gasteiger partial charge in [0.05, 0.1) is 19.3 Å². The van der Waals surface area contributed by atoms with Crippen molar-refractivity contribution in [1.29, 1.82) is 0 Å². The fourth-order valence-electron chi connectivity index (χ4n) is 4.67. The summed E-state index contributed by atoms with van der Waals surface area (Å²) >= 11 is 2.06. The summed E-state index contributed by atoms with van der Waals surface area (Å²) in [6, 6.07) is 8.50. The molecule has 3 aliphatic heterocycles. The maximum absolute atomic E-state index is 6.18. The van der Waals surface area contributed by atoms with Crippen molar-refractivity contribution in [1.82, 2.24) is 15.5 Å². The molecule has 3 aliphatic rings. The normalized spacial score (nSPS) is 29.8. The first-order chi connectivity index (χ1) is 14.0. The molecule has 0 radical (unpaired) electrons. The molecule has 29 heavy (non-hydrogen) atoms. The summed E-state index contributed by atoms with van der Waals surface area (Å²) in [5, 5.41) is 7.33. The lowest BCUT2D eigenvalue weighted by atomic mass is 9.90. The van der Waals surface area contributed by atoms with Crippen molar-refractivity contribution in [3.8, 4) is 5.75 Å². The molecule has 2 fully saturated rings. The molecule has 0 saturated carbocycles. The summed E-state index contributed by atoms with van der Waals surface area (Å²) in [5.41, 5.74) is 1.19. The Balaban J connectivity index is 1.44. The zero-order valence-corrected chi connectivity index (χ0v) is 18.7. The SMILES string of the molecule is CN=C(NCC1(N2CCOCC2)CCSC1)NC1CC(C)(C)Oc2ccccc21. The lowest BCUT2D eigenvalue weighted by Crippen LogP contribution is -2.60. The molecule has 3 heterocycles. The number of rotatable bonds is 4. The smallest absolute Gasteiger partial charge is 0.191 e. The highest BCUT2D eigenvalue weighted by atomic mass is 32.2. The van der Waals surface area contributed by atoms with E-state index in [0.29, 0.717) is 0 Å². The van der Waals surface area contributed by atoms with E-state index < -0.39 is 0 Å². The summed E-state index contributed by atoms with van der Waals surface area (Å²) in [7, 11) is 1.86. The monoisotopic (exact) mass is 418 g/mol. The average Bonchev–Trinajstić information content (AvgIpc) is 3.21. The van der Waals surface area contributed by atoms with Crippen LogP contribution < -0.4 is 15.4 Å². The summed E-state index contributed by atoms with van der Waals surface area (Å²) < 4.78 is 11.8. The number of hydrogen-bond donors (Lipinski definition) is 2. The van der Waals surface area contributed by atoms with Crippen LogP contribution in [0.4, 0.5) is 0 Å². The molecular formula is C22H34N4O2S. The van der Waals surface area contributed by atoms with Gasteiger partial charge in [-0.3, -0.25) is 9.89 Å². The van der Waals surface area contributed by atoms with Crippen LogP contribution in [-0.4, -0.2) is 73.4 Å². The Labute approximate surface area is 178 Å². The first kappa shape index (κ1) is 20.8. The van der Waals surface area contributed by atoms with Crippen LogP contribution in [0.3, 0.4) is 0 Å². The van der Waals surface area contributed by atoms with Gasteiger partial charge in [-0.15, -0.1) is 0 Å². The number of morpholine rings is 1. The fraction of sp³-hybridized carbons (Fsp3) is 0.682. The van der Waals surface area contributed by atoms with Gasteiger partial charge in [-0.1, -0.05) is 18.2 Å². The molecule has 7 heteroatoms. The second kappa shape index (κ2) is 8.74. The molecule has 2 saturated heterocycles. The number of aliphatic imine (C=N–C) groups is 1. The standard InChI is InChI=1S/C22H34N4O2S/c1-21(2)14-18(17-6-4-5-7-19(17)28-21)25-20(23-3)24-15-22(8-13-29-16-22)26-9-11-27-12-10-26/h4-7,18H,8-16H2,1-3H3,(H2,23,24,25). The van der Waals surface area contributed by atoms with Crippen LogP contribution >= 0.6 is 11.8 Å². The van der Waals surface area contributed by atoms with E-state index in [-0.39, 0.29) is 17.2 Å². The van der Waals surface area contributed by atoms with E-state index in [2.05, 4.69) is 64.3 Å². The van der Waals surface area contributed by atoms with Crippen molar-refractivity contribution in [2.24, 2.45) is 4.99 Å². The van der Waals surface area contributed by atoms with Gasteiger partial charge < -0.3 is 20.1 Å². The van der Waals surface area contributed by atoms with E-state index in [1.165, 1.54) is 23.5 Å². The van der Waals surface area contributed by atoms with Gasteiger partial charge in [0.15, 0.2) is 5.96 Å². The molecule has 1 aromatic rings. The summed E-state index contributed by atoms with van der Waals surface area (Å²) in [4.78, 5) is 7.17. The number of thioether (sulfide) groups is 1. The lowest BCUT2D eigenvalue weighted by molar-refractivity contribution is -0.0120. The van der Waals surface area contributed by atoms with E-state index in [0.717, 1.165) is 51.0 Å². The van der Waals surface area contributed by atoms with Crippen molar-refractivity contribution in [2.45, 2.75) is 43.9 Å². The topological polar surface area (TPSA) is 58.1 Å². The van der Waals surface area contributed by atoms with E-state index in [4.69, 9.17) is 9.47 Å². The molecule has 2 atom stereocenters. The van der Waals surface area contributed by atoms with Gasteiger partial charge in [-0.2, -0.15) is 11.8 Å². The second-order valence-corrected chi connectivity index (χ2v) is 9.96. The van der Waals surface area contributed by atoms with E-state index in [9.17, 15) is 0 Å². The summed E-state index contributed by atoms with van der Waals surface area (Å²) in [6.07, 6.45) is 2.12. The largest absolute Gasteiger partial charge is 0.487 e. The van der Waals surface area contributed by atoms with Crippen LogP contribution in [0.2, 0.25) is 0 Å². The predicted molar refractivity (Wildman–Crippen MR) is 120 cm³/mol. The number of hydrogen-bond acceptors (Lipinski definition) is 5. The molecule has 6 nitrogen and oxygen atoms in total. The predicted octanol–water partition coefficient (Wildman–Crippen LogP) is 2.66. The highest BCUT2D eigenvalue weighted by molar-refractivity contribution is 7.99. The third-order valence-corrected chi connectivity index (χ3v) is 7.49. The maximum Gasteiger partial charge on any atom is 0.191 e. The van der Waals surface area contributed by atoms with Gasteiger partial charge >= 0.3 is 0 Å². The number of nitrogens with zero attached hydrogens (tertiary/aromatic N) is 2. The van der Waals surface area contributed by atoms with E-state index >= 15 is 0 Å². The first-order valence-corrected chi connectivity index (χ1v) is 11.8. The molecule has 2 unspecified atom stereocenters. The molecule has 0 aromatic heterocycles. The minimum Gasteiger partial charge on any atom is -0.487 e. The Hall–Kier alpha value is -1.44. The molecule has 0 spiro atoms. The van der Waals surface area contributed by atoms with Gasteiger partial charge in [0, 0.05) is 50.0 Å². The Morgan fingerprint density at radius 3 is 2.79 bits per heavy atom. The van der Waals surface area contributed by atoms with Gasteiger partial charge in [0.25, 0.3) is 0 Å². The Morgan fingerprint density at radius 1 is 1.28 bits per heavy atom. The van der Waals surface area contributed by atoms with Crippen LogP contribution in [0.15, 0.2) is 29.3 Å². The zero-order valence-electron chi connectivity index (χ0n) is 17.9. The minimum atomic E-state index is -0.206. The van der Waals surface area contributed by atoms with Crippen LogP contribution in [0.25, 0.3) is 0 Å². The molecule has 0 amide bonds. The van der Waals surface area contributed by atoms with Crippen molar-refractivity contribution in [3.05, 3.63) is 29.8 Å². The number of para-hydroxylation sites is 1. The van der Waals surface area contributed by atoms with Crippen molar-refractivity contribution in [3.63, 3.8) is 0 Å². The summed E-state index contributed by atoms with van der Waals surface area (Å²) in [6.45, 7) is 8.94. The number of guanidine groups is 1. The first-order valence-electron chi connectivity index (χ1n) is 10.7. The van der Waals surface area contributed by atoms with Gasteiger partial charge in [0.1, 0.15) is 11.4 Å². The highest BCUT2D eigenvalue weighted by Gasteiger charge is 2.41. The number of nitrogens with one attached hydrogen (secondary N) is 2. The molecule has 4 rings (SSSR count). The maximum atomic E-state index is 6.18. The average molecular weight is 419 g/mol. The number of ether oxygens (including phenoxy) is 2. The van der Waals surface area contributed by atoms with Crippen molar-refractivity contribution >= 4 is 17.7 Å². The van der Waals surface area contributed by atoms with E-state index in [1.54, 1.807) is 0 Å². The van der Waals surface area contributed by atoms with Crippen molar-refractivity contribution < 1.29 is 9.47 Å². The Kier molecular flexibility index (Phi) is 6.27. The highest BCUT2D eigenvalue weighted by Crippen LogP contribution is 2.39. The van der Waals surface area contributed by atoms with Gasteiger partial charge in [-0.25, -0.2) is 0 Å². The van der Waals surface area contributed by atoms with Crippen LogP contribution in [-0.2, 0) is 4.74 Å². The molecule has 0 bridgehead atoms. The molecule has 2 N–H and O–H groups in total. The van der Waals surface area contributed by atoms with E-state index in [1.807, 2.05) is 13.1 Å². The van der Waals surface area contributed by atoms with Gasteiger partial charge in [-0.05, 0) is 32.1 Å². The third kappa shape index (κ3) is 4.67.